The quantitative estimate of drug-likeness (QED) is 0.343. The van der Waals surface area contributed by atoms with Crippen LogP contribution in [0.5, 0.6) is 0 Å². The van der Waals surface area contributed by atoms with Crippen molar-refractivity contribution in [2.75, 3.05) is 25.2 Å². The van der Waals surface area contributed by atoms with E-state index in [2.05, 4.69) is 30.1 Å². The molecule has 2 unspecified atom stereocenters. The van der Waals surface area contributed by atoms with E-state index in [1.807, 2.05) is 0 Å². The van der Waals surface area contributed by atoms with Crippen LogP contribution in [0, 0.1) is 0 Å². The van der Waals surface area contributed by atoms with Gasteiger partial charge in [-0.05, 0) is 0 Å². The maximum absolute atomic E-state index is 12.2. The highest BCUT2D eigenvalue weighted by Gasteiger charge is 2.25. The molecule has 0 amide bonds. The highest BCUT2D eigenvalue weighted by Crippen LogP contribution is 2.03. The predicted molar refractivity (Wildman–Crippen MR) is 61.9 cm³/mol. The molecule has 0 aliphatic heterocycles. The summed E-state index contributed by atoms with van der Waals surface area (Å²) in [4.78, 5) is 32.1. The largest absolute Gasteiger partial charge is 0.464 e. The second kappa shape index (κ2) is 10.1. The van der Waals surface area contributed by atoms with Gasteiger partial charge in [0.2, 0.25) is 6.10 Å². The molecule has 6 nitrogen and oxygen atoms in total. The molecule has 0 heterocycles. The Morgan fingerprint density at radius 1 is 1.33 bits per heavy atom. The molecule has 0 saturated heterocycles. The van der Waals surface area contributed by atoms with E-state index in [-0.39, 0.29) is 6.61 Å². The molecule has 1 radical (unpaired) electrons. The van der Waals surface area contributed by atoms with Crippen LogP contribution in [-0.2, 0) is 28.6 Å². The monoisotopic (exact) mass is 347 g/mol. The smallest absolute Gasteiger partial charge is 0.418 e. The molecule has 0 bridgehead atoms. The molecule has 18 heavy (non-hydrogen) atoms. The van der Waals surface area contributed by atoms with E-state index in [9.17, 15) is 18.8 Å². The van der Waals surface area contributed by atoms with E-state index < -0.39 is 36.7 Å². The summed E-state index contributed by atoms with van der Waals surface area (Å²) in [6.07, 6.45) is -1.70. The predicted octanol–water partition coefficient (Wildman–Crippen LogP) is 0.497. The fourth-order valence-electron chi connectivity index (χ4n) is 0.747. The standard InChI is InChI=1S/C9H10BrClFO6/c10-1-2-16-8(14)6(11)4-17-9(15)7(3-12)18-5-13/h6-7H,1-4H2. The van der Waals surface area contributed by atoms with Gasteiger partial charge in [-0.15, -0.1) is 11.6 Å². The number of carbonyl (C=O) groups is 2. The van der Waals surface area contributed by atoms with Gasteiger partial charge >= 0.3 is 18.4 Å². The lowest BCUT2D eigenvalue weighted by molar-refractivity contribution is -0.155. The zero-order valence-corrected chi connectivity index (χ0v) is 11.4. The van der Waals surface area contributed by atoms with Crippen LogP contribution >= 0.6 is 27.5 Å². The SMILES string of the molecule is O=[C]OC(CF)C(=O)OCC(Cl)C(=O)OCCBr. The fraction of sp³-hybridized carbons (Fsp3) is 0.667. The maximum Gasteiger partial charge on any atom is 0.418 e. The van der Waals surface area contributed by atoms with Gasteiger partial charge in [-0.1, -0.05) is 15.9 Å². The molecule has 0 aromatic heterocycles. The average molecular weight is 349 g/mol. The van der Waals surface area contributed by atoms with Crippen molar-refractivity contribution in [1.29, 1.82) is 0 Å². The van der Waals surface area contributed by atoms with Gasteiger partial charge in [0.25, 0.3) is 0 Å². The molecule has 2 atom stereocenters. The Morgan fingerprint density at radius 2 is 2.00 bits per heavy atom. The third-order valence-electron chi connectivity index (χ3n) is 1.54. The van der Waals surface area contributed by atoms with Crippen LogP contribution in [0.15, 0.2) is 0 Å². The Bertz CT molecular complexity index is 290. The Balaban J connectivity index is 4.02. The first-order chi connectivity index (χ1) is 8.56. The zero-order valence-electron chi connectivity index (χ0n) is 9.07. The summed E-state index contributed by atoms with van der Waals surface area (Å²) >= 11 is 8.59. The summed E-state index contributed by atoms with van der Waals surface area (Å²) in [7, 11) is 0. The Kier molecular flexibility index (Phi) is 9.57. The van der Waals surface area contributed by atoms with Crippen LogP contribution in [0.2, 0.25) is 0 Å². The normalized spacial score (nSPS) is 13.3. The van der Waals surface area contributed by atoms with E-state index in [1.165, 1.54) is 0 Å². The van der Waals surface area contributed by atoms with Gasteiger partial charge in [-0.25, -0.2) is 14.0 Å². The molecule has 9 heteroatoms. The first-order valence-corrected chi connectivity index (χ1v) is 6.24. The minimum absolute atomic E-state index is 0.117. The molecule has 0 saturated carbocycles. The Hall–Kier alpha value is -0.890. The van der Waals surface area contributed by atoms with Crippen molar-refractivity contribution >= 4 is 45.9 Å². The van der Waals surface area contributed by atoms with Crippen LogP contribution < -0.4 is 0 Å². The van der Waals surface area contributed by atoms with Crippen LogP contribution in [0.4, 0.5) is 4.39 Å². The van der Waals surface area contributed by atoms with E-state index in [0.29, 0.717) is 5.33 Å². The average Bonchev–Trinajstić information content (AvgIpc) is 2.38. The van der Waals surface area contributed by atoms with Gasteiger partial charge in [0, 0.05) is 5.33 Å². The number of rotatable bonds is 9. The second-order valence-corrected chi connectivity index (χ2v) is 4.12. The molecule has 0 aliphatic rings. The molecule has 0 aromatic rings. The van der Waals surface area contributed by atoms with E-state index in [0.717, 1.165) is 6.47 Å². The lowest BCUT2D eigenvalue weighted by Gasteiger charge is -2.12. The Labute approximate surface area is 116 Å². The highest BCUT2D eigenvalue weighted by molar-refractivity contribution is 9.09. The minimum Gasteiger partial charge on any atom is -0.464 e. The third kappa shape index (κ3) is 6.75. The molecular weight excluding hydrogens is 338 g/mol. The van der Waals surface area contributed by atoms with E-state index in [4.69, 9.17) is 11.6 Å². The molecule has 0 N–H and O–H groups in total. The summed E-state index contributed by atoms with van der Waals surface area (Å²) in [5, 5.41) is -0.775. The fourth-order valence-corrected chi connectivity index (χ4v) is 1.03. The van der Waals surface area contributed by atoms with Crippen LogP contribution in [0.1, 0.15) is 0 Å². The molecule has 0 fully saturated rings. The number of halogens is 3. The van der Waals surface area contributed by atoms with Crippen molar-refractivity contribution in [1.82, 2.24) is 0 Å². The summed E-state index contributed by atoms with van der Waals surface area (Å²) < 4.78 is 25.3. The third-order valence-corrected chi connectivity index (χ3v) is 2.17. The zero-order chi connectivity index (χ0) is 14.0. The molecule has 0 aromatic carbocycles. The number of esters is 2. The van der Waals surface area contributed by atoms with Gasteiger partial charge in [-0.3, -0.25) is 4.79 Å². The van der Waals surface area contributed by atoms with Crippen molar-refractivity contribution in [3.63, 3.8) is 0 Å². The van der Waals surface area contributed by atoms with Crippen molar-refractivity contribution in [3.05, 3.63) is 0 Å². The van der Waals surface area contributed by atoms with E-state index in [1.54, 1.807) is 0 Å². The number of alkyl halides is 3. The molecule has 103 valence electrons. The lowest BCUT2D eigenvalue weighted by Crippen LogP contribution is -2.32. The summed E-state index contributed by atoms with van der Waals surface area (Å²) in [6, 6.07) is 0. The molecule has 0 spiro atoms. The molecule has 0 aliphatic carbocycles. The van der Waals surface area contributed by atoms with Crippen molar-refractivity contribution in [2.24, 2.45) is 0 Å². The Morgan fingerprint density at radius 3 is 2.50 bits per heavy atom. The van der Waals surface area contributed by atoms with Crippen molar-refractivity contribution in [2.45, 2.75) is 11.5 Å². The van der Waals surface area contributed by atoms with E-state index >= 15 is 0 Å². The second-order valence-electron chi connectivity index (χ2n) is 2.80. The highest BCUT2D eigenvalue weighted by atomic mass is 79.9. The number of hydrogen-bond acceptors (Lipinski definition) is 6. The van der Waals surface area contributed by atoms with Gasteiger partial charge in [0.15, 0.2) is 5.38 Å². The topological polar surface area (TPSA) is 78.9 Å². The summed E-state index contributed by atoms with van der Waals surface area (Å²) in [6.45, 7) is -0.734. The molecular formula is C9H10BrClFO6. The van der Waals surface area contributed by atoms with Gasteiger partial charge in [0.05, 0.1) is 0 Å². The summed E-state index contributed by atoms with van der Waals surface area (Å²) in [5.41, 5.74) is 0. The van der Waals surface area contributed by atoms with Gasteiger partial charge in [0.1, 0.15) is 19.9 Å². The number of hydrogen-bond donors (Lipinski definition) is 0. The number of carbonyl (C=O) groups excluding carboxylic acids is 3. The first kappa shape index (κ1) is 17.1. The van der Waals surface area contributed by atoms with Gasteiger partial charge in [-0.2, -0.15) is 0 Å². The van der Waals surface area contributed by atoms with Crippen LogP contribution in [0.25, 0.3) is 0 Å². The number of ether oxygens (including phenoxy) is 3. The lowest BCUT2D eigenvalue weighted by atomic mass is 10.4. The van der Waals surface area contributed by atoms with Gasteiger partial charge < -0.3 is 14.2 Å². The minimum atomic E-state index is -1.70. The van der Waals surface area contributed by atoms with Crippen molar-refractivity contribution in [3.8, 4) is 0 Å². The molecule has 0 rings (SSSR count). The first-order valence-electron chi connectivity index (χ1n) is 4.68. The van der Waals surface area contributed by atoms with Crippen molar-refractivity contribution < 1.29 is 33.0 Å². The summed E-state index contributed by atoms with van der Waals surface area (Å²) in [5.74, 6) is -1.93. The van der Waals surface area contributed by atoms with Crippen LogP contribution in [0.3, 0.4) is 0 Å². The maximum atomic E-state index is 12.2. The van der Waals surface area contributed by atoms with Crippen LogP contribution in [-0.4, -0.2) is 55.1 Å².